The molecule has 2 N–H and O–H groups in total. The summed E-state index contributed by atoms with van der Waals surface area (Å²) in [5, 5.41) is 14.6. The van der Waals surface area contributed by atoms with Gasteiger partial charge in [-0.1, -0.05) is 76.8 Å². The summed E-state index contributed by atoms with van der Waals surface area (Å²) in [6.07, 6.45) is 14.1. The maximum Gasteiger partial charge on any atom is 0.394 e. The fourth-order valence-electron chi connectivity index (χ4n) is 3.78. The number of unbranched alkanes of at least 4 members (excludes halogenated alkanes) is 9. The summed E-state index contributed by atoms with van der Waals surface area (Å²) in [5.41, 5.74) is 1.19. The summed E-state index contributed by atoms with van der Waals surface area (Å²) in [6.45, 7) is 3.06. The molecule has 8 heteroatoms. The second kappa shape index (κ2) is 16.0. The van der Waals surface area contributed by atoms with Crippen molar-refractivity contribution in [1.29, 1.82) is 0 Å². The van der Waals surface area contributed by atoms with Gasteiger partial charge >= 0.3 is 11.9 Å². The lowest BCUT2D eigenvalue weighted by atomic mass is 10.1. The first kappa shape index (κ1) is 27.5. The maximum absolute atomic E-state index is 12.5. The topological polar surface area (TPSA) is 99.6 Å². The summed E-state index contributed by atoms with van der Waals surface area (Å²) >= 11 is 1.36. The molecule has 0 bridgehead atoms. The zero-order valence-corrected chi connectivity index (χ0v) is 20.9. The number of nitrogens with zero attached hydrogens (tertiary/aromatic N) is 2. The van der Waals surface area contributed by atoms with E-state index in [4.69, 9.17) is 5.11 Å². The number of aliphatic carboxylic acids is 1. The number of thiazole rings is 1. The molecule has 0 aliphatic rings. The van der Waals surface area contributed by atoms with Crippen LogP contribution in [0.15, 0.2) is 35.8 Å². The van der Waals surface area contributed by atoms with Gasteiger partial charge in [0.15, 0.2) is 0 Å². The molecular formula is C26H37N3O4S. The molecular weight excluding hydrogens is 450 g/mol. The standard InChI is InChI=1S/C26H37N3O4S/c1-2-3-4-5-6-7-8-9-10-11-15-28-24(30)22-14-12-13-21(18-22)19-29(25(31)26(32)33)20-23-27-16-17-34-23/h12-14,16-18H,2-11,15,19-20H2,1H3,(H,28,30)(H,32,33). The minimum atomic E-state index is -1.51. The van der Waals surface area contributed by atoms with E-state index < -0.39 is 11.9 Å². The molecule has 0 saturated carbocycles. The van der Waals surface area contributed by atoms with E-state index in [1.54, 1.807) is 35.8 Å². The average Bonchev–Trinajstić information content (AvgIpc) is 3.35. The number of carboxylic acids is 1. The highest BCUT2D eigenvalue weighted by atomic mass is 32.1. The van der Waals surface area contributed by atoms with Crippen LogP contribution >= 0.6 is 11.3 Å². The fraction of sp³-hybridized carbons (Fsp3) is 0.538. The van der Waals surface area contributed by atoms with Crippen molar-refractivity contribution >= 4 is 29.1 Å². The second-order valence-corrected chi connectivity index (χ2v) is 9.51. The minimum Gasteiger partial charge on any atom is -0.474 e. The van der Waals surface area contributed by atoms with E-state index in [2.05, 4.69) is 17.2 Å². The van der Waals surface area contributed by atoms with Gasteiger partial charge in [-0.15, -0.1) is 11.3 Å². The smallest absolute Gasteiger partial charge is 0.394 e. The van der Waals surface area contributed by atoms with Gasteiger partial charge in [0.1, 0.15) is 5.01 Å². The van der Waals surface area contributed by atoms with E-state index in [0.717, 1.165) is 12.8 Å². The number of benzene rings is 1. The molecule has 0 radical (unpaired) electrons. The van der Waals surface area contributed by atoms with E-state index in [0.29, 0.717) is 22.7 Å². The summed E-state index contributed by atoms with van der Waals surface area (Å²) in [7, 11) is 0. The highest BCUT2D eigenvalue weighted by Gasteiger charge is 2.22. The van der Waals surface area contributed by atoms with Crippen LogP contribution in [0.5, 0.6) is 0 Å². The van der Waals surface area contributed by atoms with E-state index in [1.165, 1.54) is 67.6 Å². The van der Waals surface area contributed by atoms with Crippen LogP contribution in [0.4, 0.5) is 0 Å². The van der Waals surface area contributed by atoms with Crippen LogP contribution in [0.25, 0.3) is 0 Å². The molecule has 0 atom stereocenters. The Bertz CT molecular complexity index is 886. The first-order valence-corrected chi connectivity index (χ1v) is 13.2. The van der Waals surface area contributed by atoms with E-state index in [-0.39, 0.29) is 19.0 Å². The van der Waals surface area contributed by atoms with Crippen LogP contribution in [-0.4, -0.2) is 39.3 Å². The van der Waals surface area contributed by atoms with Crippen LogP contribution in [0.3, 0.4) is 0 Å². The zero-order valence-electron chi connectivity index (χ0n) is 20.1. The Morgan fingerprint density at radius 2 is 1.65 bits per heavy atom. The molecule has 7 nitrogen and oxygen atoms in total. The largest absolute Gasteiger partial charge is 0.474 e. The van der Waals surface area contributed by atoms with Gasteiger partial charge in [0.2, 0.25) is 0 Å². The Morgan fingerprint density at radius 3 is 2.26 bits per heavy atom. The van der Waals surface area contributed by atoms with Crippen molar-refractivity contribution < 1.29 is 19.5 Å². The fourth-order valence-corrected chi connectivity index (χ4v) is 4.41. The average molecular weight is 488 g/mol. The van der Waals surface area contributed by atoms with Crippen LogP contribution < -0.4 is 5.32 Å². The monoisotopic (exact) mass is 487 g/mol. The third kappa shape index (κ3) is 10.5. The van der Waals surface area contributed by atoms with Crippen LogP contribution in [-0.2, 0) is 22.7 Å². The summed E-state index contributed by atoms with van der Waals surface area (Å²) < 4.78 is 0. The second-order valence-electron chi connectivity index (χ2n) is 8.53. The molecule has 2 aromatic rings. The number of hydrogen-bond acceptors (Lipinski definition) is 5. The van der Waals surface area contributed by atoms with E-state index in [9.17, 15) is 14.4 Å². The van der Waals surface area contributed by atoms with Gasteiger partial charge in [0, 0.05) is 30.2 Å². The summed E-state index contributed by atoms with van der Waals surface area (Å²) in [5.74, 6) is -2.67. The number of carbonyl (C=O) groups is 3. The molecule has 34 heavy (non-hydrogen) atoms. The van der Waals surface area contributed by atoms with Crippen molar-refractivity contribution in [2.24, 2.45) is 0 Å². The molecule has 2 rings (SSSR count). The number of carboxylic acid groups (broad SMARTS) is 1. The van der Waals surface area contributed by atoms with E-state index in [1.807, 2.05) is 0 Å². The Hall–Kier alpha value is -2.74. The Kier molecular flexibility index (Phi) is 12.9. The molecule has 1 aromatic carbocycles. The molecule has 0 spiro atoms. The number of carbonyl (C=O) groups excluding carboxylic acids is 2. The maximum atomic E-state index is 12.5. The van der Waals surface area contributed by atoms with Crippen LogP contribution in [0.2, 0.25) is 0 Å². The lowest BCUT2D eigenvalue weighted by Crippen LogP contribution is -2.35. The molecule has 0 aliphatic carbocycles. The Morgan fingerprint density at radius 1 is 0.971 bits per heavy atom. The van der Waals surface area contributed by atoms with Crippen molar-refractivity contribution in [3.05, 3.63) is 52.0 Å². The molecule has 0 saturated heterocycles. The zero-order chi connectivity index (χ0) is 24.6. The van der Waals surface area contributed by atoms with Crippen molar-refractivity contribution in [1.82, 2.24) is 15.2 Å². The minimum absolute atomic E-state index is 0.0876. The van der Waals surface area contributed by atoms with Crippen molar-refractivity contribution in [2.45, 2.75) is 84.2 Å². The lowest BCUT2D eigenvalue weighted by molar-refractivity contribution is -0.156. The van der Waals surface area contributed by atoms with Crippen LogP contribution in [0, 0.1) is 0 Å². The van der Waals surface area contributed by atoms with Crippen molar-refractivity contribution in [3.63, 3.8) is 0 Å². The number of hydrogen-bond donors (Lipinski definition) is 2. The lowest BCUT2D eigenvalue weighted by Gasteiger charge is -2.20. The normalized spacial score (nSPS) is 10.7. The van der Waals surface area contributed by atoms with Gasteiger partial charge in [-0.2, -0.15) is 0 Å². The molecule has 186 valence electrons. The van der Waals surface area contributed by atoms with E-state index >= 15 is 0 Å². The van der Waals surface area contributed by atoms with Gasteiger partial charge in [-0.3, -0.25) is 9.59 Å². The van der Waals surface area contributed by atoms with Gasteiger partial charge < -0.3 is 15.3 Å². The number of nitrogens with one attached hydrogen (secondary N) is 1. The Labute approximate surface area is 206 Å². The van der Waals surface area contributed by atoms with Gasteiger partial charge in [-0.25, -0.2) is 9.78 Å². The molecule has 1 heterocycles. The predicted molar refractivity (Wildman–Crippen MR) is 135 cm³/mol. The highest BCUT2D eigenvalue weighted by molar-refractivity contribution is 7.09. The first-order chi connectivity index (χ1) is 16.5. The molecule has 2 amide bonds. The van der Waals surface area contributed by atoms with Crippen LogP contribution in [0.1, 0.15) is 92.1 Å². The third-order valence-electron chi connectivity index (χ3n) is 5.66. The number of rotatable bonds is 16. The first-order valence-electron chi connectivity index (χ1n) is 12.3. The molecule has 0 fully saturated rings. The van der Waals surface area contributed by atoms with Gasteiger partial charge in [-0.05, 0) is 24.1 Å². The number of amides is 2. The van der Waals surface area contributed by atoms with Crippen molar-refractivity contribution in [2.75, 3.05) is 6.54 Å². The third-order valence-corrected chi connectivity index (χ3v) is 6.42. The predicted octanol–water partition coefficient (Wildman–Crippen LogP) is 5.41. The van der Waals surface area contributed by atoms with Gasteiger partial charge in [0.05, 0.1) is 6.54 Å². The highest BCUT2D eigenvalue weighted by Crippen LogP contribution is 2.14. The molecule has 0 unspecified atom stereocenters. The Balaban J connectivity index is 1.75. The quantitative estimate of drug-likeness (QED) is 0.244. The molecule has 1 aromatic heterocycles. The number of aromatic nitrogens is 1. The van der Waals surface area contributed by atoms with Crippen molar-refractivity contribution in [3.8, 4) is 0 Å². The summed E-state index contributed by atoms with van der Waals surface area (Å²) in [4.78, 5) is 41.3. The summed E-state index contributed by atoms with van der Waals surface area (Å²) in [6, 6.07) is 6.96. The SMILES string of the molecule is CCCCCCCCCCCCNC(=O)c1cccc(CN(Cc2nccs2)C(=O)C(=O)O)c1. The molecule has 0 aliphatic heterocycles. The van der Waals surface area contributed by atoms with Gasteiger partial charge in [0.25, 0.3) is 5.91 Å².